The number of aryl methyl sites for hydroxylation is 2. The molecule has 2 atom stereocenters. The van der Waals surface area contributed by atoms with E-state index >= 15 is 0 Å². The number of carbonyl (C=O) groups is 1. The molecule has 0 spiro atoms. The van der Waals surface area contributed by atoms with Gasteiger partial charge in [-0.1, -0.05) is 12.5 Å². The largest absolute Gasteiger partial charge is 0.396 e. The summed E-state index contributed by atoms with van der Waals surface area (Å²) < 4.78 is 0. The Hall–Kier alpha value is -1.35. The molecule has 3 rings (SSSR count). The third-order valence-electron chi connectivity index (χ3n) is 4.94. The number of fused-ring (bicyclic) bond motifs is 1. The first-order chi connectivity index (χ1) is 9.78. The molecule has 2 aliphatic rings. The molecule has 3 heteroatoms. The molecule has 0 aliphatic heterocycles. The summed E-state index contributed by atoms with van der Waals surface area (Å²) in [7, 11) is 0. The zero-order valence-electron chi connectivity index (χ0n) is 11.9. The molecule has 0 radical (unpaired) electrons. The average Bonchev–Trinajstić information content (AvgIpc) is 3.12. The number of hydrogen-bond donors (Lipinski definition) is 2. The fraction of sp³-hybridized carbons (Fsp3) is 0.588. The summed E-state index contributed by atoms with van der Waals surface area (Å²) in [6.45, 7) is 0.945. The van der Waals surface area contributed by atoms with E-state index in [2.05, 4.69) is 17.4 Å². The van der Waals surface area contributed by atoms with Crippen LogP contribution in [0.15, 0.2) is 18.2 Å². The number of amides is 1. The molecule has 0 saturated heterocycles. The number of nitrogens with one attached hydrogen (secondary N) is 1. The van der Waals surface area contributed by atoms with Crippen molar-refractivity contribution in [1.82, 2.24) is 5.32 Å². The van der Waals surface area contributed by atoms with Gasteiger partial charge in [0.15, 0.2) is 0 Å². The Kier molecular flexibility index (Phi) is 4.06. The predicted molar refractivity (Wildman–Crippen MR) is 78.7 cm³/mol. The number of carbonyl (C=O) groups excluding carboxylic acids is 1. The standard InChI is InChI=1S/C17H23NO2/c19-11-16-6-2-5-15(16)10-18-17(20)14-8-7-12-3-1-4-13(12)9-14/h7-9,15-16,19H,1-6,10-11H2,(H,18,20). The SMILES string of the molecule is O=C(NCC1CCCC1CO)c1ccc2c(c1)CCC2. The van der Waals surface area contributed by atoms with E-state index in [1.807, 2.05) is 6.07 Å². The summed E-state index contributed by atoms with van der Waals surface area (Å²) in [5, 5.41) is 12.4. The Bertz CT molecular complexity index is 498. The van der Waals surface area contributed by atoms with Crippen molar-refractivity contribution < 1.29 is 9.90 Å². The second-order valence-electron chi connectivity index (χ2n) is 6.18. The van der Waals surface area contributed by atoms with Gasteiger partial charge < -0.3 is 10.4 Å². The van der Waals surface area contributed by atoms with E-state index in [1.165, 1.54) is 24.0 Å². The molecule has 1 saturated carbocycles. The first kappa shape index (κ1) is 13.6. The Balaban J connectivity index is 1.59. The topological polar surface area (TPSA) is 49.3 Å². The van der Waals surface area contributed by atoms with Crippen molar-refractivity contribution in [3.05, 3.63) is 34.9 Å². The maximum Gasteiger partial charge on any atom is 0.251 e. The van der Waals surface area contributed by atoms with Gasteiger partial charge in [-0.2, -0.15) is 0 Å². The van der Waals surface area contributed by atoms with Gasteiger partial charge in [0.05, 0.1) is 0 Å². The van der Waals surface area contributed by atoms with Crippen molar-refractivity contribution in [2.24, 2.45) is 11.8 Å². The van der Waals surface area contributed by atoms with E-state index in [0.29, 0.717) is 18.4 Å². The maximum absolute atomic E-state index is 12.2. The molecule has 1 aromatic rings. The monoisotopic (exact) mass is 273 g/mol. The van der Waals surface area contributed by atoms with Crippen molar-refractivity contribution in [2.75, 3.05) is 13.2 Å². The van der Waals surface area contributed by atoms with Crippen LogP contribution in [0.3, 0.4) is 0 Å². The molecule has 3 nitrogen and oxygen atoms in total. The highest BCUT2D eigenvalue weighted by molar-refractivity contribution is 5.94. The Morgan fingerprint density at radius 3 is 2.80 bits per heavy atom. The van der Waals surface area contributed by atoms with Crippen LogP contribution in [0.2, 0.25) is 0 Å². The van der Waals surface area contributed by atoms with Crippen LogP contribution >= 0.6 is 0 Å². The van der Waals surface area contributed by atoms with E-state index in [-0.39, 0.29) is 12.5 Å². The van der Waals surface area contributed by atoms with Gasteiger partial charge in [0.25, 0.3) is 5.91 Å². The number of benzene rings is 1. The summed E-state index contributed by atoms with van der Waals surface area (Å²) in [5.41, 5.74) is 3.52. The smallest absolute Gasteiger partial charge is 0.251 e. The highest BCUT2D eigenvalue weighted by Crippen LogP contribution is 2.30. The molecule has 20 heavy (non-hydrogen) atoms. The van der Waals surface area contributed by atoms with Crippen LogP contribution in [0.4, 0.5) is 0 Å². The number of rotatable bonds is 4. The summed E-state index contributed by atoms with van der Waals surface area (Å²) in [5.74, 6) is 0.844. The molecule has 108 valence electrons. The zero-order chi connectivity index (χ0) is 13.9. The van der Waals surface area contributed by atoms with Gasteiger partial charge in [0.2, 0.25) is 0 Å². The fourth-order valence-electron chi connectivity index (χ4n) is 3.66. The summed E-state index contributed by atoms with van der Waals surface area (Å²) in [6.07, 6.45) is 6.85. The highest BCUT2D eigenvalue weighted by Gasteiger charge is 2.26. The second kappa shape index (κ2) is 5.96. The van der Waals surface area contributed by atoms with Crippen LogP contribution in [-0.4, -0.2) is 24.2 Å². The molecule has 1 amide bonds. The van der Waals surface area contributed by atoms with Gasteiger partial charge in [0, 0.05) is 18.7 Å². The van der Waals surface area contributed by atoms with Crippen LogP contribution < -0.4 is 5.32 Å². The Labute approximate surface area is 120 Å². The van der Waals surface area contributed by atoms with E-state index in [9.17, 15) is 9.90 Å². The Morgan fingerprint density at radius 1 is 1.15 bits per heavy atom. The zero-order valence-corrected chi connectivity index (χ0v) is 11.9. The van der Waals surface area contributed by atoms with E-state index < -0.39 is 0 Å². The number of aliphatic hydroxyl groups is 1. The summed E-state index contributed by atoms with van der Waals surface area (Å²) in [6, 6.07) is 6.09. The van der Waals surface area contributed by atoms with Gasteiger partial charge in [-0.15, -0.1) is 0 Å². The van der Waals surface area contributed by atoms with Gasteiger partial charge in [0.1, 0.15) is 0 Å². The van der Waals surface area contributed by atoms with Crippen LogP contribution in [-0.2, 0) is 12.8 Å². The lowest BCUT2D eigenvalue weighted by molar-refractivity contribution is 0.0937. The molecule has 0 bridgehead atoms. The predicted octanol–water partition coefficient (Wildman–Crippen LogP) is 2.31. The van der Waals surface area contributed by atoms with Crippen molar-refractivity contribution >= 4 is 5.91 Å². The van der Waals surface area contributed by atoms with Crippen LogP contribution in [0.5, 0.6) is 0 Å². The molecule has 2 aliphatic carbocycles. The number of hydrogen-bond acceptors (Lipinski definition) is 2. The number of aliphatic hydroxyl groups excluding tert-OH is 1. The molecule has 2 unspecified atom stereocenters. The quantitative estimate of drug-likeness (QED) is 0.884. The first-order valence-corrected chi connectivity index (χ1v) is 7.79. The normalized spacial score (nSPS) is 24.6. The van der Waals surface area contributed by atoms with Crippen LogP contribution in [0.1, 0.15) is 47.2 Å². The van der Waals surface area contributed by atoms with Crippen LogP contribution in [0, 0.1) is 11.8 Å². The molecular weight excluding hydrogens is 250 g/mol. The van der Waals surface area contributed by atoms with Gasteiger partial charge >= 0.3 is 0 Å². The molecular formula is C17H23NO2. The van der Waals surface area contributed by atoms with E-state index in [4.69, 9.17) is 0 Å². The van der Waals surface area contributed by atoms with Gasteiger partial charge in [-0.3, -0.25) is 4.79 Å². The van der Waals surface area contributed by atoms with Gasteiger partial charge in [-0.05, 0) is 67.2 Å². The first-order valence-electron chi connectivity index (χ1n) is 7.79. The summed E-state index contributed by atoms with van der Waals surface area (Å²) in [4.78, 5) is 12.2. The minimum absolute atomic E-state index is 0.0308. The fourth-order valence-corrected chi connectivity index (χ4v) is 3.66. The highest BCUT2D eigenvalue weighted by atomic mass is 16.3. The second-order valence-corrected chi connectivity index (χ2v) is 6.18. The molecule has 0 heterocycles. The minimum Gasteiger partial charge on any atom is -0.396 e. The lowest BCUT2D eigenvalue weighted by Gasteiger charge is -2.18. The van der Waals surface area contributed by atoms with Crippen molar-refractivity contribution in [2.45, 2.75) is 38.5 Å². The maximum atomic E-state index is 12.2. The van der Waals surface area contributed by atoms with E-state index in [0.717, 1.165) is 31.2 Å². The van der Waals surface area contributed by atoms with Crippen molar-refractivity contribution in [1.29, 1.82) is 0 Å². The van der Waals surface area contributed by atoms with Gasteiger partial charge in [-0.25, -0.2) is 0 Å². The average molecular weight is 273 g/mol. The van der Waals surface area contributed by atoms with Crippen LogP contribution in [0.25, 0.3) is 0 Å². The summed E-state index contributed by atoms with van der Waals surface area (Å²) >= 11 is 0. The molecule has 1 aromatic carbocycles. The lowest BCUT2D eigenvalue weighted by Crippen LogP contribution is -2.31. The minimum atomic E-state index is 0.0308. The molecule has 2 N–H and O–H groups in total. The third kappa shape index (κ3) is 2.73. The third-order valence-corrected chi connectivity index (χ3v) is 4.94. The Morgan fingerprint density at radius 2 is 1.95 bits per heavy atom. The lowest BCUT2D eigenvalue weighted by atomic mass is 9.97. The molecule has 0 aromatic heterocycles. The van der Waals surface area contributed by atoms with E-state index in [1.54, 1.807) is 0 Å². The van der Waals surface area contributed by atoms with Crippen molar-refractivity contribution in [3.8, 4) is 0 Å². The van der Waals surface area contributed by atoms with Crippen molar-refractivity contribution in [3.63, 3.8) is 0 Å². The molecule has 1 fully saturated rings.